The first-order valence-electron chi connectivity index (χ1n) is 4.77. The predicted octanol–water partition coefficient (Wildman–Crippen LogP) is 2.05. The number of anilines is 3. The summed E-state index contributed by atoms with van der Waals surface area (Å²) in [5.41, 5.74) is 9.63. The monoisotopic (exact) mass is 202 g/mol. The van der Waals surface area contributed by atoms with Gasteiger partial charge in [-0.05, 0) is 24.6 Å². The summed E-state index contributed by atoms with van der Waals surface area (Å²) in [5.74, 6) is 0. The third-order valence-corrected chi connectivity index (χ3v) is 2.19. The van der Waals surface area contributed by atoms with Crippen molar-refractivity contribution in [1.29, 1.82) is 0 Å². The van der Waals surface area contributed by atoms with Crippen LogP contribution in [-0.4, -0.2) is 9.78 Å². The second-order valence-corrected chi connectivity index (χ2v) is 3.62. The molecule has 0 aliphatic heterocycles. The molecule has 4 heteroatoms. The molecule has 0 aliphatic carbocycles. The molecular weight excluding hydrogens is 188 g/mol. The third-order valence-electron chi connectivity index (χ3n) is 2.19. The van der Waals surface area contributed by atoms with Gasteiger partial charge in [0.1, 0.15) is 0 Å². The lowest BCUT2D eigenvalue weighted by Crippen LogP contribution is -1.95. The smallest absolute Gasteiger partial charge is 0.0770 e. The van der Waals surface area contributed by atoms with Crippen LogP contribution in [0.2, 0.25) is 0 Å². The molecule has 1 aromatic carbocycles. The molecule has 0 amide bonds. The van der Waals surface area contributed by atoms with E-state index in [1.54, 1.807) is 10.9 Å². The number of rotatable bonds is 2. The van der Waals surface area contributed by atoms with Gasteiger partial charge in [0.15, 0.2) is 0 Å². The van der Waals surface area contributed by atoms with Gasteiger partial charge in [0, 0.05) is 13.2 Å². The van der Waals surface area contributed by atoms with E-state index in [0.29, 0.717) is 0 Å². The Hall–Kier alpha value is -1.97. The minimum atomic E-state index is 0.740. The Labute approximate surface area is 88.7 Å². The highest BCUT2D eigenvalue weighted by Crippen LogP contribution is 2.23. The SMILES string of the molecule is Cc1ccc(N)c(Nc2cnn(C)c2)c1. The van der Waals surface area contributed by atoms with Crippen LogP contribution in [0, 0.1) is 6.92 Å². The van der Waals surface area contributed by atoms with E-state index in [-0.39, 0.29) is 0 Å². The van der Waals surface area contributed by atoms with Gasteiger partial charge in [-0.3, -0.25) is 4.68 Å². The zero-order chi connectivity index (χ0) is 10.8. The molecule has 1 heterocycles. The van der Waals surface area contributed by atoms with Crippen molar-refractivity contribution in [3.8, 4) is 0 Å². The van der Waals surface area contributed by atoms with Crippen LogP contribution in [0.4, 0.5) is 17.1 Å². The second kappa shape index (κ2) is 3.65. The summed E-state index contributed by atoms with van der Waals surface area (Å²) in [6, 6.07) is 5.90. The zero-order valence-corrected chi connectivity index (χ0v) is 8.86. The van der Waals surface area contributed by atoms with Crippen molar-refractivity contribution in [3.05, 3.63) is 36.2 Å². The quantitative estimate of drug-likeness (QED) is 0.733. The van der Waals surface area contributed by atoms with E-state index in [9.17, 15) is 0 Å². The van der Waals surface area contributed by atoms with E-state index in [4.69, 9.17) is 5.73 Å². The first kappa shape index (κ1) is 9.58. The van der Waals surface area contributed by atoms with Crippen LogP contribution in [0.1, 0.15) is 5.56 Å². The fourth-order valence-corrected chi connectivity index (χ4v) is 1.42. The van der Waals surface area contributed by atoms with Gasteiger partial charge in [-0.1, -0.05) is 6.07 Å². The Morgan fingerprint density at radius 1 is 1.40 bits per heavy atom. The van der Waals surface area contributed by atoms with Crippen LogP contribution in [-0.2, 0) is 7.05 Å². The molecule has 3 N–H and O–H groups in total. The van der Waals surface area contributed by atoms with Crippen molar-refractivity contribution in [2.24, 2.45) is 7.05 Å². The summed E-state index contributed by atoms with van der Waals surface area (Å²) < 4.78 is 1.74. The molecule has 2 rings (SSSR count). The maximum atomic E-state index is 5.85. The van der Waals surface area contributed by atoms with E-state index in [1.165, 1.54) is 5.56 Å². The molecule has 0 saturated heterocycles. The van der Waals surface area contributed by atoms with Crippen LogP contribution in [0.3, 0.4) is 0 Å². The fourth-order valence-electron chi connectivity index (χ4n) is 1.42. The molecule has 0 atom stereocenters. The highest BCUT2D eigenvalue weighted by Gasteiger charge is 2.01. The second-order valence-electron chi connectivity index (χ2n) is 3.62. The van der Waals surface area contributed by atoms with Gasteiger partial charge in [0.25, 0.3) is 0 Å². The average Bonchev–Trinajstić information content (AvgIpc) is 2.58. The van der Waals surface area contributed by atoms with Gasteiger partial charge in [-0.25, -0.2) is 0 Å². The Balaban J connectivity index is 2.27. The van der Waals surface area contributed by atoms with Gasteiger partial charge in [0.2, 0.25) is 0 Å². The predicted molar refractivity (Wildman–Crippen MR) is 62.1 cm³/mol. The fraction of sp³-hybridized carbons (Fsp3) is 0.182. The summed E-state index contributed by atoms with van der Waals surface area (Å²) in [6.07, 6.45) is 3.67. The van der Waals surface area contributed by atoms with Gasteiger partial charge in [0.05, 0.1) is 23.3 Å². The molecule has 4 nitrogen and oxygen atoms in total. The number of nitrogens with one attached hydrogen (secondary N) is 1. The topological polar surface area (TPSA) is 55.9 Å². The number of hydrogen-bond acceptors (Lipinski definition) is 3. The molecule has 0 fully saturated rings. The van der Waals surface area contributed by atoms with E-state index in [0.717, 1.165) is 17.1 Å². The van der Waals surface area contributed by atoms with Crippen molar-refractivity contribution in [3.63, 3.8) is 0 Å². The lowest BCUT2D eigenvalue weighted by atomic mass is 10.2. The highest BCUT2D eigenvalue weighted by atomic mass is 15.3. The number of nitrogens with two attached hydrogens (primary N) is 1. The van der Waals surface area contributed by atoms with Gasteiger partial charge >= 0.3 is 0 Å². The first-order valence-corrected chi connectivity index (χ1v) is 4.77. The van der Waals surface area contributed by atoms with Crippen molar-refractivity contribution in [2.45, 2.75) is 6.92 Å². The molecule has 0 aliphatic rings. The van der Waals surface area contributed by atoms with Crippen molar-refractivity contribution in [2.75, 3.05) is 11.1 Å². The normalized spacial score (nSPS) is 10.3. The van der Waals surface area contributed by atoms with Crippen LogP contribution in [0.25, 0.3) is 0 Å². The summed E-state index contributed by atoms with van der Waals surface area (Å²) in [7, 11) is 1.88. The van der Waals surface area contributed by atoms with Crippen molar-refractivity contribution in [1.82, 2.24) is 9.78 Å². The molecule has 0 unspecified atom stereocenters. The summed E-state index contributed by atoms with van der Waals surface area (Å²) in [6.45, 7) is 2.04. The van der Waals surface area contributed by atoms with Crippen LogP contribution >= 0.6 is 0 Å². The lowest BCUT2D eigenvalue weighted by molar-refractivity contribution is 0.768. The van der Waals surface area contributed by atoms with E-state index in [1.807, 2.05) is 38.4 Å². The molecule has 78 valence electrons. The third kappa shape index (κ3) is 2.10. The molecule has 0 radical (unpaired) electrons. The summed E-state index contributed by atoms with van der Waals surface area (Å²) in [4.78, 5) is 0. The first-order chi connectivity index (χ1) is 7.15. The number of nitrogens with zero attached hydrogens (tertiary/aromatic N) is 2. The number of aromatic nitrogens is 2. The van der Waals surface area contributed by atoms with Crippen molar-refractivity contribution >= 4 is 17.1 Å². The number of hydrogen-bond donors (Lipinski definition) is 2. The Morgan fingerprint density at radius 2 is 2.20 bits per heavy atom. The van der Waals surface area contributed by atoms with Gasteiger partial charge in [-0.2, -0.15) is 5.10 Å². The molecule has 2 aromatic rings. The average molecular weight is 202 g/mol. The molecule has 1 aromatic heterocycles. The minimum absolute atomic E-state index is 0.740. The van der Waals surface area contributed by atoms with Crippen molar-refractivity contribution < 1.29 is 0 Å². The molecular formula is C11H14N4. The van der Waals surface area contributed by atoms with E-state index in [2.05, 4.69) is 10.4 Å². The van der Waals surface area contributed by atoms with Crippen LogP contribution in [0.5, 0.6) is 0 Å². The number of aryl methyl sites for hydroxylation is 2. The largest absolute Gasteiger partial charge is 0.397 e. The van der Waals surface area contributed by atoms with Crippen LogP contribution < -0.4 is 11.1 Å². The molecule has 15 heavy (non-hydrogen) atoms. The summed E-state index contributed by atoms with van der Waals surface area (Å²) in [5, 5.41) is 7.30. The Kier molecular flexibility index (Phi) is 2.33. The summed E-state index contributed by atoms with van der Waals surface area (Å²) >= 11 is 0. The van der Waals surface area contributed by atoms with Crippen LogP contribution in [0.15, 0.2) is 30.6 Å². The lowest BCUT2D eigenvalue weighted by Gasteiger charge is -2.07. The van der Waals surface area contributed by atoms with Gasteiger partial charge in [-0.15, -0.1) is 0 Å². The standard InChI is InChI=1S/C11H14N4/c1-8-3-4-10(12)11(5-8)14-9-6-13-15(2)7-9/h3-7,14H,12H2,1-2H3. The van der Waals surface area contributed by atoms with Gasteiger partial charge < -0.3 is 11.1 Å². The maximum absolute atomic E-state index is 5.85. The Morgan fingerprint density at radius 3 is 2.87 bits per heavy atom. The maximum Gasteiger partial charge on any atom is 0.0770 e. The zero-order valence-electron chi connectivity index (χ0n) is 8.86. The number of benzene rings is 1. The van der Waals surface area contributed by atoms with E-state index >= 15 is 0 Å². The Bertz CT molecular complexity index is 473. The highest BCUT2D eigenvalue weighted by molar-refractivity contribution is 5.72. The van der Waals surface area contributed by atoms with E-state index < -0.39 is 0 Å². The molecule has 0 spiro atoms. The molecule has 0 bridgehead atoms. The minimum Gasteiger partial charge on any atom is -0.397 e. The number of nitrogen functional groups attached to an aromatic ring is 1. The molecule has 0 saturated carbocycles.